The summed E-state index contributed by atoms with van der Waals surface area (Å²) in [4.78, 5) is 14.9. The number of carbonyl (C=O) groups excluding carboxylic acids is 1. The molecule has 0 atom stereocenters. The Hall–Kier alpha value is -2.81. The van der Waals surface area contributed by atoms with Crippen LogP contribution in [0.25, 0.3) is 11.5 Å². The standard InChI is InChI=1S/C21H26N6O2S/c1-5-27-20(22-23-21(27)30-4)19-16-13-26(10-9-17(16)25(2)24-19)18(28)12-14-7-6-8-15(11-14)29-3/h6-8,11H,5,9-10,12-13H2,1-4H3. The van der Waals surface area contributed by atoms with Gasteiger partial charge in [0.2, 0.25) is 5.91 Å². The minimum atomic E-state index is 0.102. The van der Waals surface area contributed by atoms with Gasteiger partial charge in [0.1, 0.15) is 11.4 Å². The fraction of sp³-hybridized carbons (Fsp3) is 0.429. The molecule has 0 aliphatic carbocycles. The summed E-state index contributed by atoms with van der Waals surface area (Å²) in [6.45, 7) is 4.06. The summed E-state index contributed by atoms with van der Waals surface area (Å²) in [6, 6.07) is 7.67. The van der Waals surface area contributed by atoms with Crippen LogP contribution in [0.4, 0.5) is 0 Å². The Morgan fingerprint density at radius 2 is 2.13 bits per heavy atom. The SMILES string of the molecule is CCn1c(SC)nnc1-c1nn(C)c2c1CN(C(=O)Cc1cccc(OC)c1)CC2. The molecule has 1 aromatic carbocycles. The number of methoxy groups -OCH3 is 1. The number of aryl methyl sites for hydroxylation is 1. The zero-order valence-electron chi connectivity index (χ0n) is 17.8. The molecule has 0 N–H and O–H groups in total. The predicted molar refractivity (Wildman–Crippen MR) is 115 cm³/mol. The molecule has 1 aliphatic rings. The van der Waals surface area contributed by atoms with Crippen molar-refractivity contribution in [3.05, 3.63) is 41.1 Å². The smallest absolute Gasteiger partial charge is 0.227 e. The lowest BCUT2D eigenvalue weighted by Gasteiger charge is -2.28. The molecule has 9 heteroatoms. The highest BCUT2D eigenvalue weighted by molar-refractivity contribution is 7.98. The minimum absolute atomic E-state index is 0.102. The molecule has 0 unspecified atom stereocenters. The van der Waals surface area contributed by atoms with Gasteiger partial charge in [-0.3, -0.25) is 9.48 Å². The largest absolute Gasteiger partial charge is 0.497 e. The number of fused-ring (bicyclic) bond motifs is 1. The molecule has 1 aliphatic heterocycles. The molecule has 0 fully saturated rings. The van der Waals surface area contributed by atoms with Gasteiger partial charge in [-0.15, -0.1) is 10.2 Å². The Balaban J connectivity index is 1.60. The summed E-state index contributed by atoms with van der Waals surface area (Å²) in [5.74, 6) is 1.63. The van der Waals surface area contributed by atoms with Gasteiger partial charge in [0.25, 0.3) is 0 Å². The van der Waals surface area contributed by atoms with Crippen molar-refractivity contribution in [1.29, 1.82) is 0 Å². The summed E-state index contributed by atoms with van der Waals surface area (Å²) >= 11 is 1.57. The molecule has 158 valence electrons. The van der Waals surface area contributed by atoms with E-state index in [4.69, 9.17) is 9.84 Å². The number of thioether (sulfide) groups is 1. The Morgan fingerprint density at radius 3 is 2.87 bits per heavy atom. The number of hydrogen-bond donors (Lipinski definition) is 0. The lowest BCUT2D eigenvalue weighted by molar-refractivity contribution is -0.131. The minimum Gasteiger partial charge on any atom is -0.497 e. The van der Waals surface area contributed by atoms with E-state index in [1.54, 1.807) is 18.9 Å². The van der Waals surface area contributed by atoms with E-state index in [0.29, 0.717) is 19.5 Å². The molecule has 1 amide bonds. The Kier molecular flexibility index (Phi) is 5.80. The van der Waals surface area contributed by atoms with Gasteiger partial charge in [-0.25, -0.2) is 0 Å². The zero-order valence-corrected chi connectivity index (χ0v) is 18.6. The van der Waals surface area contributed by atoms with Crippen molar-refractivity contribution < 1.29 is 9.53 Å². The molecule has 0 saturated carbocycles. The molecule has 0 bridgehead atoms. The van der Waals surface area contributed by atoms with Crippen molar-refractivity contribution in [2.24, 2.45) is 7.05 Å². The first kappa shape index (κ1) is 20.5. The number of nitrogens with zero attached hydrogens (tertiary/aromatic N) is 6. The number of aromatic nitrogens is 5. The van der Waals surface area contributed by atoms with Gasteiger partial charge >= 0.3 is 0 Å². The molecular formula is C21H26N6O2S. The maximum Gasteiger partial charge on any atom is 0.227 e. The molecular weight excluding hydrogens is 400 g/mol. The van der Waals surface area contributed by atoms with Gasteiger partial charge in [-0.1, -0.05) is 23.9 Å². The monoisotopic (exact) mass is 426 g/mol. The van der Waals surface area contributed by atoms with E-state index in [-0.39, 0.29) is 5.91 Å². The van der Waals surface area contributed by atoms with Crippen molar-refractivity contribution in [1.82, 2.24) is 29.4 Å². The van der Waals surface area contributed by atoms with Gasteiger partial charge in [0.05, 0.1) is 13.5 Å². The third-order valence-corrected chi connectivity index (χ3v) is 6.18. The number of ether oxygens (including phenoxy) is 1. The van der Waals surface area contributed by atoms with E-state index >= 15 is 0 Å². The number of benzene rings is 1. The van der Waals surface area contributed by atoms with Crippen molar-refractivity contribution in [3.63, 3.8) is 0 Å². The van der Waals surface area contributed by atoms with E-state index in [0.717, 1.165) is 52.2 Å². The lowest BCUT2D eigenvalue weighted by atomic mass is 10.0. The van der Waals surface area contributed by atoms with Crippen LogP contribution in [0, 0.1) is 0 Å². The molecule has 4 rings (SSSR count). The van der Waals surface area contributed by atoms with Gasteiger partial charge in [-0.2, -0.15) is 5.10 Å². The van der Waals surface area contributed by atoms with Gasteiger partial charge in [0, 0.05) is 44.4 Å². The summed E-state index contributed by atoms with van der Waals surface area (Å²) in [7, 11) is 3.59. The maximum atomic E-state index is 13.0. The second-order valence-corrected chi connectivity index (χ2v) is 8.02. The normalized spacial score (nSPS) is 13.4. The van der Waals surface area contributed by atoms with Crippen LogP contribution in [0.2, 0.25) is 0 Å². The van der Waals surface area contributed by atoms with Crippen molar-refractivity contribution in [3.8, 4) is 17.3 Å². The molecule has 0 saturated heterocycles. The van der Waals surface area contributed by atoms with Crippen LogP contribution in [0.3, 0.4) is 0 Å². The van der Waals surface area contributed by atoms with E-state index < -0.39 is 0 Å². The average Bonchev–Trinajstić information content (AvgIpc) is 3.33. The van der Waals surface area contributed by atoms with Gasteiger partial charge in [0.15, 0.2) is 11.0 Å². The molecule has 8 nitrogen and oxygen atoms in total. The summed E-state index contributed by atoms with van der Waals surface area (Å²) in [5, 5.41) is 14.3. The first-order valence-corrected chi connectivity index (χ1v) is 11.2. The second kappa shape index (κ2) is 8.51. The highest BCUT2D eigenvalue weighted by atomic mass is 32.2. The summed E-state index contributed by atoms with van der Waals surface area (Å²) in [6.07, 6.45) is 3.12. The topological polar surface area (TPSA) is 78.1 Å². The number of hydrogen-bond acceptors (Lipinski definition) is 6. The lowest BCUT2D eigenvalue weighted by Crippen LogP contribution is -2.37. The zero-order chi connectivity index (χ0) is 21.3. The average molecular weight is 427 g/mol. The van der Waals surface area contributed by atoms with E-state index in [9.17, 15) is 4.79 Å². The molecule has 0 spiro atoms. The summed E-state index contributed by atoms with van der Waals surface area (Å²) in [5.41, 5.74) is 4.00. The van der Waals surface area contributed by atoms with E-state index in [2.05, 4.69) is 21.7 Å². The van der Waals surface area contributed by atoms with Gasteiger partial charge < -0.3 is 14.2 Å². The highest BCUT2D eigenvalue weighted by Crippen LogP contribution is 2.30. The first-order chi connectivity index (χ1) is 14.5. The Bertz CT molecular complexity index is 1070. The molecule has 0 radical (unpaired) electrons. The van der Waals surface area contributed by atoms with Crippen LogP contribution in [0.15, 0.2) is 29.4 Å². The quantitative estimate of drug-likeness (QED) is 0.564. The maximum absolute atomic E-state index is 13.0. The van der Waals surface area contributed by atoms with E-state index in [1.807, 2.05) is 47.2 Å². The van der Waals surface area contributed by atoms with E-state index in [1.165, 1.54) is 0 Å². The fourth-order valence-corrected chi connectivity index (χ4v) is 4.51. The van der Waals surface area contributed by atoms with Crippen LogP contribution in [0.5, 0.6) is 5.75 Å². The Labute approximate surface area is 180 Å². The molecule has 3 aromatic rings. The van der Waals surface area contributed by atoms with Crippen LogP contribution in [-0.2, 0) is 37.8 Å². The van der Waals surface area contributed by atoms with Crippen LogP contribution < -0.4 is 4.74 Å². The van der Waals surface area contributed by atoms with Crippen LogP contribution >= 0.6 is 11.8 Å². The molecule has 30 heavy (non-hydrogen) atoms. The molecule has 2 aromatic heterocycles. The number of rotatable bonds is 6. The van der Waals surface area contributed by atoms with Crippen molar-refractivity contribution >= 4 is 17.7 Å². The van der Waals surface area contributed by atoms with Crippen LogP contribution in [-0.4, -0.2) is 55.3 Å². The van der Waals surface area contributed by atoms with Crippen LogP contribution in [0.1, 0.15) is 23.7 Å². The number of amides is 1. The van der Waals surface area contributed by atoms with Crippen molar-refractivity contribution in [2.75, 3.05) is 19.9 Å². The third-order valence-electron chi connectivity index (χ3n) is 5.51. The number of carbonyl (C=O) groups is 1. The summed E-state index contributed by atoms with van der Waals surface area (Å²) < 4.78 is 9.27. The second-order valence-electron chi connectivity index (χ2n) is 7.25. The third kappa shape index (κ3) is 3.69. The predicted octanol–water partition coefficient (Wildman–Crippen LogP) is 2.56. The fourth-order valence-electron chi connectivity index (χ4n) is 3.95. The Morgan fingerprint density at radius 1 is 1.30 bits per heavy atom. The first-order valence-electron chi connectivity index (χ1n) is 9.98. The van der Waals surface area contributed by atoms with Gasteiger partial charge in [-0.05, 0) is 30.9 Å². The van der Waals surface area contributed by atoms with Crippen molar-refractivity contribution in [2.45, 2.75) is 38.0 Å². The highest BCUT2D eigenvalue weighted by Gasteiger charge is 2.29. The molecule has 3 heterocycles.